The Morgan fingerprint density at radius 3 is 2.50 bits per heavy atom. The SMILES string of the molecule is CCc1ccccc1N(C)S(=O)(=O)C1CC1. The maximum absolute atomic E-state index is 12.1. The second-order valence-corrected chi connectivity index (χ2v) is 6.44. The van der Waals surface area contributed by atoms with Crippen molar-refractivity contribution in [3.63, 3.8) is 0 Å². The molecule has 0 N–H and O–H groups in total. The fourth-order valence-corrected chi connectivity index (χ4v) is 3.47. The first kappa shape index (κ1) is 11.5. The number of benzene rings is 1. The van der Waals surface area contributed by atoms with E-state index in [9.17, 15) is 8.42 Å². The Hall–Kier alpha value is -1.03. The molecule has 0 spiro atoms. The summed E-state index contributed by atoms with van der Waals surface area (Å²) >= 11 is 0. The third kappa shape index (κ3) is 1.94. The van der Waals surface area contributed by atoms with Crippen molar-refractivity contribution in [2.24, 2.45) is 0 Å². The summed E-state index contributed by atoms with van der Waals surface area (Å²) in [4.78, 5) is 0. The highest BCUT2D eigenvalue weighted by atomic mass is 32.2. The van der Waals surface area contributed by atoms with Gasteiger partial charge in [0.15, 0.2) is 0 Å². The number of para-hydroxylation sites is 1. The van der Waals surface area contributed by atoms with Gasteiger partial charge in [-0.05, 0) is 30.9 Å². The lowest BCUT2D eigenvalue weighted by Gasteiger charge is -2.21. The number of anilines is 1. The minimum Gasteiger partial charge on any atom is -0.273 e. The first-order valence-electron chi connectivity index (χ1n) is 5.63. The van der Waals surface area contributed by atoms with Crippen molar-refractivity contribution in [3.8, 4) is 0 Å². The van der Waals surface area contributed by atoms with Crippen LogP contribution in [0.25, 0.3) is 0 Å². The molecule has 0 bridgehead atoms. The van der Waals surface area contributed by atoms with E-state index in [1.165, 1.54) is 4.31 Å². The van der Waals surface area contributed by atoms with Crippen LogP contribution in [0.2, 0.25) is 0 Å². The van der Waals surface area contributed by atoms with E-state index >= 15 is 0 Å². The van der Waals surface area contributed by atoms with Crippen LogP contribution < -0.4 is 4.31 Å². The van der Waals surface area contributed by atoms with Gasteiger partial charge in [0.05, 0.1) is 10.9 Å². The molecule has 1 aromatic rings. The molecule has 0 aliphatic heterocycles. The zero-order chi connectivity index (χ0) is 11.8. The Balaban J connectivity index is 2.36. The lowest BCUT2D eigenvalue weighted by Crippen LogP contribution is -2.30. The van der Waals surface area contributed by atoms with Crippen LogP contribution in [0.15, 0.2) is 24.3 Å². The van der Waals surface area contributed by atoms with Crippen molar-refractivity contribution in [2.75, 3.05) is 11.4 Å². The molecule has 2 rings (SSSR count). The van der Waals surface area contributed by atoms with Gasteiger partial charge >= 0.3 is 0 Å². The van der Waals surface area contributed by atoms with Crippen LogP contribution in [0.1, 0.15) is 25.3 Å². The molecule has 0 heterocycles. The van der Waals surface area contributed by atoms with Gasteiger partial charge < -0.3 is 0 Å². The highest BCUT2D eigenvalue weighted by molar-refractivity contribution is 7.93. The summed E-state index contributed by atoms with van der Waals surface area (Å²) in [6, 6.07) is 7.68. The zero-order valence-electron chi connectivity index (χ0n) is 9.68. The average molecular weight is 239 g/mol. The van der Waals surface area contributed by atoms with E-state index in [4.69, 9.17) is 0 Å². The first-order chi connectivity index (χ1) is 7.57. The number of nitrogens with zero attached hydrogens (tertiary/aromatic N) is 1. The van der Waals surface area contributed by atoms with Crippen LogP contribution in [0, 0.1) is 0 Å². The molecule has 1 aliphatic rings. The molecule has 4 heteroatoms. The van der Waals surface area contributed by atoms with Crippen LogP contribution in [-0.4, -0.2) is 20.7 Å². The van der Waals surface area contributed by atoms with Crippen molar-refractivity contribution in [2.45, 2.75) is 31.4 Å². The fourth-order valence-electron chi connectivity index (χ4n) is 1.84. The Labute approximate surface area is 97.1 Å². The van der Waals surface area contributed by atoms with E-state index in [-0.39, 0.29) is 5.25 Å². The highest BCUT2D eigenvalue weighted by Gasteiger charge is 2.39. The van der Waals surface area contributed by atoms with E-state index in [1.54, 1.807) is 7.05 Å². The molecule has 0 atom stereocenters. The fraction of sp³-hybridized carbons (Fsp3) is 0.500. The third-order valence-electron chi connectivity index (χ3n) is 3.04. The maximum Gasteiger partial charge on any atom is 0.237 e. The van der Waals surface area contributed by atoms with Gasteiger partial charge in [0.2, 0.25) is 10.0 Å². The minimum absolute atomic E-state index is 0.151. The topological polar surface area (TPSA) is 37.4 Å². The van der Waals surface area contributed by atoms with Gasteiger partial charge in [0, 0.05) is 7.05 Å². The highest BCUT2D eigenvalue weighted by Crippen LogP contribution is 2.33. The number of rotatable bonds is 4. The summed E-state index contributed by atoms with van der Waals surface area (Å²) < 4.78 is 25.6. The van der Waals surface area contributed by atoms with E-state index in [2.05, 4.69) is 0 Å². The summed E-state index contributed by atoms with van der Waals surface area (Å²) in [6.45, 7) is 2.04. The maximum atomic E-state index is 12.1. The Kier molecular flexibility index (Phi) is 2.93. The molecule has 0 unspecified atom stereocenters. The van der Waals surface area contributed by atoms with Crippen molar-refractivity contribution in [3.05, 3.63) is 29.8 Å². The van der Waals surface area contributed by atoms with Gasteiger partial charge in [-0.25, -0.2) is 8.42 Å². The summed E-state index contributed by atoms with van der Waals surface area (Å²) in [7, 11) is -1.46. The summed E-state index contributed by atoms with van der Waals surface area (Å²) in [5.41, 5.74) is 1.89. The molecule has 0 radical (unpaired) electrons. The Morgan fingerprint density at radius 2 is 1.94 bits per heavy atom. The molecule has 3 nitrogen and oxygen atoms in total. The van der Waals surface area contributed by atoms with Crippen LogP contribution in [-0.2, 0) is 16.4 Å². The summed E-state index contributed by atoms with van der Waals surface area (Å²) in [5, 5.41) is -0.151. The monoisotopic (exact) mass is 239 g/mol. The Bertz CT molecular complexity index is 478. The van der Waals surface area contributed by atoms with Gasteiger partial charge in [-0.15, -0.1) is 0 Å². The zero-order valence-corrected chi connectivity index (χ0v) is 10.5. The molecule has 88 valence electrons. The van der Waals surface area contributed by atoms with Gasteiger partial charge in [-0.3, -0.25) is 4.31 Å². The standard InChI is InChI=1S/C12H17NO2S/c1-3-10-6-4-5-7-12(10)13(2)16(14,15)11-8-9-11/h4-7,11H,3,8-9H2,1-2H3. The van der Waals surface area contributed by atoms with E-state index in [0.717, 1.165) is 30.5 Å². The minimum atomic E-state index is -3.12. The Morgan fingerprint density at radius 1 is 1.31 bits per heavy atom. The summed E-state index contributed by atoms with van der Waals surface area (Å²) in [6.07, 6.45) is 2.46. The number of hydrogen-bond donors (Lipinski definition) is 0. The first-order valence-corrected chi connectivity index (χ1v) is 7.13. The predicted molar refractivity (Wildman–Crippen MR) is 66.2 cm³/mol. The molecular formula is C12H17NO2S. The lowest BCUT2D eigenvalue weighted by molar-refractivity contribution is 0.593. The van der Waals surface area contributed by atoms with Crippen molar-refractivity contribution in [1.82, 2.24) is 0 Å². The van der Waals surface area contributed by atoms with Gasteiger partial charge in [-0.2, -0.15) is 0 Å². The molecule has 1 aliphatic carbocycles. The molecule has 1 aromatic carbocycles. The summed E-state index contributed by atoms with van der Waals surface area (Å²) in [5.74, 6) is 0. The van der Waals surface area contributed by atoms with Gasteiger partial charge in [-0.1, -0.05) is 25.1 Å². The molecular weight excluding hydrogens is 222 g/mol. The average Bonchev–Trinajstić information content (AvgIpc) is 3.12. The molecule has 16 heavy (non-hydrogen) atoms. The molecule has 0 saturated heterocycles. The largest absolute Gasteiger partial charge is 0.273 e. The smallest absolute Gasteiger partial charge is 0.237 e. The van der Waals surface area contributed by atoms with E-state index < -0.39 is 10.0 Å². The van der Waals surface area contributed by atoms with Gasteiger partial charge in [0.1, 0.15) is 0 Å². The van der Waals surface area contributed by atoms with E-state index in [0.29, 0.717) is 0 Å². The molecule has 0 aromatic heterocycles. The van der Waals surface area contributed by atoms with Crippen LogP contribution >= 0.6 is 0 Å². The number of hydrogen-bond acceptors (Lipinski definition) is 2. The van der Waals surface area contributed by atoms with E-state index in [1.807, 2.05) is 31.2 Å². The quantitative estimate of drug-likeness (QED) is 0.807. The normalized spacial score (nSPS) is 16.1. The third-order valence-corrected chi connectivity index (χ3v) is 5.31. The predicted octanol–water partition coefficient (Wildman–Crippen LogP) is 2.18. The van der Waals surface area contributed by atoms with Crippen molar-refractivity contribution >= 4 is 15.7 Å². The van der Waals surface area contributed by atoms with Crippen LogP contribution in [0.5, 0.6) is 0 Å². The number of sulfonamides is 1. The van der Waals surface area contributed by atoms with Gasteiger partial charge in [0.25, 0.3) is 0 Å². The van der Waals surface area contributed by atoms with Crippen molar-refractivity contribution < 1.29 is 8.42 Å². The molecule has 1 saturated carbocycles. The lowest BCUT2D eigenvalue weighted by atomic mass is 10.1. The molecule has 0 amide bonds. The molecule has 1 fully saturated rings. The van der Waals surface area contributed by atoms with Crippen LogP contribution in [0.3, 0.4) is 0 Å². The van der Waals surface area contributed by atoms with Crippen LogP contribution in [0.4, 0.5) is 5.69 Å². The number of aryl methyl sites for hydroxylation is 1. The second-order valence-electron chi connectivity index (χ2n) is 4.19. The second kappa shape index (κ2) is 4.09. The van der Waals surface area contributed by atoms with Crippen molar-refractivity contribution in [1.29, 1.82) is 0 Å².